The Morgan fingerprint density at radius 2 is 2.06 bits per heavy atom. The Bertz CT molecular complexity index is 629. The fourth-order valence-corrected chi connectivity index (χ4v) is 3.00. The highest BCUT2D eigenvalue weighted by molar-refractivity contribution is 7.89. The van der Waals surface area contributed by atoms with Crippen LogP contribution in [0.5, 0.6) is 0 Å². The van der Waals surface area contributed by atoms with E-state index in [1.807, 2.05) is 6.07 Å². The molecule has 1 aromatic rings. The highest BCUT2D eigenvalue weighted by Gasteiger charge is 2.23. The molecule has 0 unspecified atom stereocenters. The number of nitrogens with zero attached hydrogens (tertiary/aromatic N) is 3. The molecule has 0 aliphatic rings. The van der Waals surface area contributed by atoms with E-state index in [1.165, 1.54) is 18.2 Å². The first-order valence-corrected chi connectivity index (χ1v) is 6.86. The van der Waals surface area contributed by atoms with Gasteiger partial charge in [0.15, 0.2) is 0 Å². The molecule has 1 aromatic carbocycles. The standard InChI is InChI=1S/C11H10ClN3O2S/c1-2-15(6-5-13)18(16,17)10-4-3-9(8-14)11(12)7-10/h3-4,7H,2,6H2,1H3. The van der Waals surface area contributed by atoms with Crippen molar-refractivity contribution < 1.29 is 8.42 Å². The van der Waals surface area contributed by atoms with Crippen LogP contribution < -0.4 is 0 Å². The van der Waals surface area contributed by atoms with Crippen LogP contribution >= 0.6 is 11.6 Å². The third kappa shape index (κ3) is 2.80. The van der Waals surface area contributed by atoms with Gasteiger partial charge in [-0.1, -0.05) is 18.5 Å². The SMILES string of the molecule is CCN(CC#N)S(=O)(=O)c1ccc(C#N)c(Cl)c1. The van der Waals surface area contributed by atoms with E-state index in [4.69, 9.17) is 22.1 Å². The summed E-state index contributed by atoms with van der Waals surface area (Å²) in [5.74, 6) is 0. The summed E-state index contributed by atoms with van der Waals surface area (Å²) in [5, 5.41) is 17.4. The summed E-state index contributed by atoms with van der Waals surface area (Å²) in [4.78, 5) is -0.0244. The van der Waals surface area contributed by atoms with E-state index in [0.29, 0.717) is 0 Å². The summed E-state index contributed by atoms with van der Waals surface area (Å²) in [6.07, 6.45) is 0. The van der Waals surface area contributed by atoms with Crippen LogP contribution in [-0.4, -0.2) is 25.8 Å². The van der Waals surface area contributed by atoms with E-state index in [2.05, 4.69) is 0 Å². The molecule has 0 saturated carbocycles. The number of nitriles is 2. The van der Waals surface area contributed by atoms with Crippen molar-refractivity contribution in [2.24, 2.45) is 0 Å². The van der Waals surface area contributed by atoms with Crippen LogP contribution in [0.15, 0.2) is 23.1 Å². The lowest BCUT2D eigenvalue weighted by atomic mass is 10.2. The lowest BCUT2D eigenvalue weighted by Gasteiger charge is -2.17. The smallest absolute Gasteiger partial charge is 0.207 e. The fourth-order valence-electron chi connectivity index (χ4n) is 1.34. The maximum atomic E-state index is 12.1. The highest BCUT2D eigenvalue weighted by atomic mass is 35.5. The molecule has 1 rings (SSSR count). The molecule has 0 spiro atoms. The van der Waals surface area contributed by atoms with E-state index >= 15 is 0 Å². The van der Waals surface area contributed by atoms with E-state index < -0.39 is 10.0 Å². The number of halogens is 1. The zero-order valence-electron chi connectivity index (χ0n) is 9.59. The molecule has 18 heavy (non-hydrogen) atoms. The van der Waals surface area contributed by atoms with Crippen LogP contribution in [0.3, 0.4) is 0 Å². The number of benzene rings is 1. The molecule has 0 radical (unpaired) electrons. The van der Waals surface area contributed by atoms with E-state index in [-0.39, 0.29) is 28.6 Å². The van der Waals surface area contributed by atoms with Gasteiger partial charge >= 0.3 is 0 Å². The molecular formula is C11H10ClN3O2S. The van der Waals surface area contributed by atoms with Gasteiger partial charge in [0.2, 0.25) is 10.0 Å². The third-order valence-electron chi connectivity index (χ3n) is 2.30. The molecule has 0 atom stereocenters. The molecule has 0 saturated heterocycles. The van der Waals surface area contributed by atoms with Crippen molar-refractivity contribution in [2.45, 2.75) is 11.8 Å². The largest absolute Gasteiger partial charge is 0.244 e. The van der Waals surface area contributed by atoms with Gasteiger partial charge in [0, 0.05) is 6.54 Å². The van der Waals surface area contributed by atoms with Crippen LogP contribution in [0.25, 0.3) is 0 Å². The topological polar surface area (TPSA) is 85.0 Å². The van der Waals surface area contributed by atoms with Gasteiger partial charge in [0.1, 0.15) is 12.6 Å². The number of hydrogen-bond acceptors (Lipinski definition) is 4. The molecule has 0 amide bonds. The molecule has 0 aliphatic carbocycles. The summed E-state index contributed by atoms with van der Waals surface area (Å²) in [7, 11) is -3.74. The Labute approximate surface area is 111 Å². The minimum absolute atomic E-state index is 0.0244. The summed E-state index contributed by atoms with van der Waals surface area (Å²) in [5.41, 5.74) is 0.207. The van der Waals surface area contributed by atoms with Crippen molar-refractivity contribution in [1.29, 1.82) is 10.5 Å². The van der Waals surface area contributed by atoms with Gasteiger partial charge in [-0.05, 0) is 18.2 Å². The van der Waals surface area contributed by atoms with Gasteiger partial charge in [-0.25, -0.2) is 8.42 Å². The molecule has 7 heteroatoms. The van der Waals surface area contributed by atoms with E-state index in [1.54, 1.807) is 13.0 Å². The Kier molecular flexibility index (Phi) is 4.69. The normalized spacial score (nSPS) is 10.9. The lowest BCUT2D eigenvalue weighted by Crippen LogP contribution is -2.31. The predicted molar refractivity (Wildman–Crippen MR) is 66.2 cm³/mol. The van der Waals surface area contributed by atoms with Gasteiger partial charge in [-0.2, -0.15) is 14.8 Å². The van der Waals surface area contributed by atoms with E-state index in [0.717, 1.165) is 4.31 Å². The number of hydrogen-bond donors (Lipinski definition) is 0. The first-order valence-electron chi connectivity index (χ1n) is 5.04. The van der Waals surface area contributed by atoms with Crippen molar-refractivity contribution in [2.75, 3.05) is 13.1 Å². The van der Waals surface area contributed by atoms with Gasteiger partial charge in [-0.15, -0.1) is 0 Å². The van der Waals surface area contributed by atoms with Crippen LogP contribution in [0.1, 0.15) is 12.5 Å². The van der Waals surface area contributed by atoms with Gasteiger partial charge in [-0.3, -0.25) is 0 Å². The maximum absolute atomic E-state index is 12.1. The second-order valence-electron chi connectivity index (χ2n) is 3.34. The average molecular weight is 284 g/mol. The Morgan fingerprint density at radius 1 is 1.39 bits per heavy atom. The summed E-state index contributed by atoms with van der Waals surface area (Å²) in [6, 6.07) is 7.51. The summed E-state index contributed by atoms with van der Waals surface area (Å²) in [6.45, 7) is 1.60. The minimum atomic E-state index is -3.74. The van der Waals surface area contributed by atoms with Crippen LogP contribution in [0, 0.1) is 22.7 Å². The molecule has 0 heterocycles. The van der Waals surface area contributed by atoms with Crippen LogP contribution in [0.4, 0.5) is 0 Å². The Hall–Kier alpha value is -1.60. The minimum Gasteiger partial charge on any atom is -0.207 e. The van der Waals surface area contributed by atoms with Gasteiger partial charge < -0.3 is 0 Å². The second kappa shape index (κ2) is 5.83. The Morgan fingerprint density at radius 3 is 2.50 bits per heavy atom. The quantitative estimate of drug-likeness (QED) is 0.788. The summed E-state index contributed by atoms with van der Waals surface area (Å²) >= 11 is 5.79. The monoisotopic (exact) mass is 283 g/mol. The molecule has 0 N–H and O–H groups in total. The van der Waals surface area contributed by atoms with Crippen LogP contribution in [0.2, 0.25) is 5.02 Å². The molecule has 0 aliphatic heterocycles. The van der Waals surface area contributed by atoms with Crippen LogP contribution in [-0.2, 0) is 10.0 Å². The zero-order valence-corrected chi connectivity index (χ0v) is 11.2. The van der Waals surface area contributed by atoms with Gasteiger partial charge in [0.25, 0.3) is 0 Å². The van der Waals surface area contributed by atoms with Crippen molar-refractivity contribution in [3.63, 3.8) is 0 Å². The fraction of sp³-hybridized carbons (Fsp3) is 0.273. The highest BCUT2D eigenvalue weighted by Crippen LogP contribution is 2.22. The molecular weight excluding hydrogens is 274 g/mol. The molecule has 5 nitrogen and oxygen atoms in total. The van der Waals surface area contributed by atoms with Crippen molar-refractivity contribution >= 4 is 21.6 Å². The van der Waals surface area contributed by atoms with E-state index in [9.17, 15) is 8.42 Å². The molecule has 94 valence electrons. The second-order valence-corrected chi connectivity index (χ2v) is 5.69. The average Bonchev–Trinajstić information content (AvgIpc) is 2.35. The number of sulfonamides is 1. The number of rotatable bonds is 4. The molecule has 0 fully saturated rings. The lowest BCUT2D eigenvalue weighted by molar-refractivity contribution is 0.462. The van der Waals surface area contributed by atoms with Crippen molar-refractivity contribution in [3.8, 4) is 12.1 Å². The maximum Gasteiger partial charge on any atom is 0.244 e. The van der Waals surface area contributed by atoms with Crippen molar-refractivity contribution in [1.82, 2.24) is 4.31 Å². The first kappa shape index (κ1) is 14.5. The van der Waals surface area contributed by atoms with Crippen molar-refractivity contribution in [3.05, 3.63) is 28.8 Å². The first-order chi connectivity index (χ1) is 8.47. The Balaban J connectivity index is 3.26. The molecule has 0 aromatic heterocycles. The predicted octanol–water partition coefficient (Wildman–Crippen LogP) is 1.75. The zero-order chi connectivity index (χ0) is 13.8. The molecule has 0 bridgehead atoms. The summed E-state index contributed by atoms with van der Waals surface area (Å²) < 4.78 is 25.3. The van der Waals surface area contributed by atoms with Gasteiger partial charge in [0.05, 0.1) is 21.6 Å². The third-order valence-corrected chi connectivity index (χ3v) is 4.53.